The number of ketones is 1. The van der Waals surface area contributed by atoms with Crippen LogP contribution in [0, 0.1) is 0 Å². The van der Waals surface area contributed by atoms with Crippen LogP contribution in [0.5, 0.6) is 0 Å². The molecular formula is C20H17NO. The van der Waals surface area contributed by atoms with Crippen LogP contribution in [0.15, 0.2) is 84.9 Å². The normalized spacial score (nSPS) is 10.2. The molecule has 0 N–H and O–H groups in total. The minimum Gasteiger partial charge on any atom is -0.310 e. The second kappa shape index (κ2) is 6.27. The Bertz CT molecular complexity index is 726. The standard InChI is InChI=1S/C20H17NO/c1-16(22)17-9-8-14-20(15-17)21(18-10-4-2-5-11-18)19-12-6-3-7-13-19/h2-15H,1H3. The van der Waals surface area contributed by atoms with E-state index in [4.69, 9.17) is 0 Å². The van der Waals surface area contributed by atoms with Crippen LogP contribution in [0.25, 0.3) is 0 Å². The Labute approximate surface area is 130 Å². The van der Waals surface area contributed by atoms with Gasteiger partial charge in [0.15, 0.2) is 5.78 Å². The Balaban J connectivity index is 2.14. The number of carbonyl (C=O) groups is 1. The van der Waals surface area contributed by atoms with Crippen LogP contribution in [0.4, 0.5) is 17.1 Å². The molecule has 0 fully saturated rings. The van der Waals surface area contributed by atoms with E-state index in [9.17, 15) is 4.79 Å². The summed E-state index contributed by atoms with van der Waals surface area (Å²) in [5, 5.41) is 0. The highest BCUT2D eigenvalue weighted by atomic mass is 16.1. The first-order valence-corrected chi connectivity index (χ1v) is 7.27. The highest BCUT2D eigenvalue weighted by molar-refractivity contribution is 5.95. The third-order valence-corrected chi connectivity index (χ3v) is 3.54. The van der Waals surface area contributed by atoms with Crippen molar-refractivity contribution in [2.45, 2.75) is 6.92 Å². The summed E-state index contributed by atoms with van der Waals surface area (Å²) in [7, 11) is 0. The maximum Gasteiger partial charge on any atom is 0.159 e. The minimum absolute atomic E-state index is 0.0722. The van der Waals surface area contributed by atoms with E-state index in [0.717, 1.165) is 22.6 Å². The molecule has 108 valence electrons. The molecule has 0 spiro atoms. The number of hydrogen-bond acceptors (Lipinski definition) is 2. The van der Waals surface area contributed by atoms with Gasteiger partial charge in [0.1, 0.15) is 0 Å². The number of benzene rings is 3. The maximum absolute atomic E-state index is 11.7. The van der Waals surface area contributed by atoms with E-state index in [1.165, 1.54) is 0 Å². The molecule has 0 amide bonds. The molecule has 0 aliphatic carbocycles. The number of carbonyl (C=O) groups excluding carboxylic acids is 1. The molecule has 0 radical (unpaired) electrons. The van der Waals surface area contributed by atoms with Gasteiger partial charge in [0.25, 0.3) is 0 Å². The fourth-order valence-electron chi connectivity index (χ4n) is 2.47. The summed E-state index contributed by atoms with van der Waals surface area (Å²) in [4.78, 5) is 13.8. The zero-order valence-electron chi connectivity index (χ0n) is 12.4. The van der Waals surface area contributed by atoms with E-state index in [-0.39, 0.29) is 5.78 Å². The predicted molar refractivity (Wildman–Crippen MR) is 91.1 cm³/mol. The molecule has 0 bridgehead atoms. The molecule has 0 aromatic heterocycles. The van der Waals surface area contributed by atoms with Crippen molar-refractivity contribution in [3.63, 3.8) is 0 Å². The van der Waals surface area contributed by atoms with Crippen LogP contribution in [-0.2, 0) is 0 Å². The van der Waals surface area contributed by atoms with Gasteiger partial charge in [-0.05, 0) is 43.3 Å². The molecule has 0 atom stereocenters. The minimum atomic E-state index is 0.0722. The lowest BCUT2D eigenvalue weighted by Gasteiger charge is -2.25. The van der Waals surface area contributed by atoms with Gasteiger partial charge in [-0.25, -0.2) is 0 Å². The Kier molecular flexibility index (Phi) is 4.01. The van der Waals surface area contributed by atoms with Gasteiger partial charge in [-0.15, -0.1) is 0 Å². The van der Waals surface area contributed by atoms with Crippen LogP contribution in [0.1, 0.15) is 17.3 Å². The van der Waals surface area contributed by atoms with Crippen molar-refractivity contribution >= 4 is 22.8 Å². The third-order valence-electron chi connectivity index (χ3n) is 3.54. The van der Waals surface area contributed by atoms with Gasteiger partial charge in [0.2, 0.25) is 0 Å². The lowest BCUT2D eigenvalue weighted by atomic mass is 10.1. The molecular weight excluding hydrogens is 270 g/mol. The van der Waals surface area contributed by atoms with Gasteiger partial charge in [0, 0.05) is 22.6 Å². The van der Waals surface area contributed by atoms with Gasteiger partial charge in [-0.2, -0.15) is 0 Å². The quantitative estimate of drug-likeness (QED) is 0.602. The first-order valence-electron chi connectivity index (χ1n) is 7.27. The molecule has 0 heterocycles. The lowest BCUT2D eigenvalue weighted by molar-refractivity contribution is 0.101. The number of nitrogens with zero attached hydrogens (tertiary/aromatic N) is 1. The second-order valence-electron chi connectivity index (χ2n) is 5.11. The summed E-state index contributed by atoms with van der Waals surface area (Å²) < 4.78 is 0. The largest absolute Gasteiger partial charge is 0.310 e. The monoisotopic (exact) mass is 287 g/mol. The Morgan fingerprint density at radius 1 is 0.682 bits per heavy atom. The first kappa shape index (κ1) is 14.1. The van der Waals surface area contributed by atoms with E-state index >= 15 is 0 Å². The average molecular weight is 287 g/mol. The summed E-state index contributed by atoms with van der Waals surface area (Å²) in [6, 6.07) is 28.0. The van der Waals surface area contributed by atoms with Gasteiger partial charge < -0.3 is 4.90 Å². The van der Waals surface area contributed by atoms with Crippen molar-refractivity contribution in [2.75, 3.05) is 4.90 Å². The van der Waals surface area contributed by atoms with Crippen LogP contribution in [0.2, 0.25) is 0 Å². The lowest BCUT2D eigenvalue weighted by Crippen LogP contribution is -2.10. The molecule has 22 heavy (non-hydrogen) atoms. The molecule has 0 saturated carbocycles. The zero-order chi connectivity index (χ0) is 15.4. The molecule has 0 aliphatic heterocycles. The van der Waals surface area contributed by atoms with Gasteiger partial charge in [-0.3, -0.25) is 4.79 Å². The number of hydrogen-bond donors (Lipinski definition) is 0. The SMILES string of the molecule is CC(=O)c1cccc(N(c2ccccc2)c2ccccc2)c1. The number of rotatable bonds is 4. The molecule has 3 rings (SSSR count). The molecule has 3 aromatic rings. The summed E-state index contributed by atoms with van der Waals surface area (Å²) >= 11 is 0. The van der Waals surface area contributed by atoms with Gasteiger partial charge >= 0.3 is 0 Å². The molecule has 0 saturated heterocycles. The Morgan fingerprint density at radius 2 is 1.18 bits per heavy atom. The molecule has 2 heteroatoms. The first-order chi connectivity index (χ1) is 10.8. The zero-order valence-corrected chi connectivity index (χ0v) is 12.4. The number of para-hydroxylation sites is 2. The fourth-order valence-corrected chi connectivity index (χ4v) is 2.47. The van der Waals surface area contributed by atoms with E-state index in [0.29, 0.717) is 0 Å². The topological polar surface area (TPSA) is 20.3 Å². The Morgan fingerprint density at radius 3 is 1.68 bits per heavy atom. The van der Waals surface area contributed by atoms with Crippen LogP contribution >= 0.6 is 0 Å². The molecule has 3 aromatic carbocycles. The predicted octanol–water partition coefficient (Wildman–Crippen LogP) is 5.36. The highest BCUT2D eigenvalue weighted by Crippen LogP contribution is 2.34. The van der Waals surface area contributed by atoms with Crippen LogP contribution in [0.3, 0.4) is 0 Å². The molecule has 0 aliphatic rings. The van der Waals surface area contributed by atoms with Crippen molar-refractivity contribution in [1.29, 1.82) is 0 Å². The number of Topliss-reactive ketones (excluding diaryl/α,β-unsaturated/α-hetero) is 1. The van der Waals surface area contributed by atoms with Crippen molar-refractivity contribution in [1.82, 2.24) is 0 Å². The summed E-state index contributed by atoms with van der Waals surface area (Å²) in [6.07, 6.45) is 0. The summed E-state index contributed by atoms with van der Waals surface area (Å²) in [6.45, 7) is 1.59. The van der Waals surface area contributed by atoms with E-state index in [2.05, 4.69) is 29.2 Å². The maximum atomic E-state index is 11.7. The van der Waals surface area contributed by atoms with Gasteiger partial charge in [0.05, 0.1) is 0 Å². The van der Waals surface area contributed by atoms with Gasteiger partial charge in [-0.1, -0.05) is 48.5 Å². The summed E-state index contributed by atoms with van der Waals surface area (Å²) in [5.41, 5.74) is 3.82. The van der Waals surface area contributed by atoms with Crippen molar-refractivity contribution in [3.8, 4) is 0 Å². The van der Waals surface area contributed by atoms with Crippen LogP contribution < -0.4 is 4.90 Å². The van der Waals surface area contributed by atoms with Crippen molar-refractivity contribution < 1.29 is 4.79 Å². The van der Waals surface area contributed by atoms with E-state index < -0.39 is 0 Å². The smallest absolute Gasteiger partial charge is 0.159 e. The third kappa shape index (κ3) is 2.91. The second-order valence-corrected chi connectivity index (χ2v) is 5.11. The van der Waals surface area contributed by atoms with Crippen molar-refractivity contribution in [2.24, 2.45) is 0 Å². The van der Waals surface area contributed by atoms with E-state index in [1.807, 2.05) is 60.7 Å². The summed E-state index contributed by atoms with van der Waals surface area (Å²) in [5.74, 6) is 0.0722. The molecule has 0 unspecified atom stereocenters. The number of anilines is 3. The van der Waals surface area contributed by atoms with Crippen molar-refractivity contribution in [3.05, 3.63) is 90.5 Å². The highest BCUT2D eigenvalue weighted by Gasteiger charge is 2.12. The molecule has 2 nitrogen and oxygen atoms in total. The Hall–Kier alpha value is -2.87. The fraction of sp³-hybridized carbons (Fsp3) is 0.0500. The van der Waals surface area contributed by atoms with Crippen LogP contribution in [-0.4, -0.2) is 5.78 Å². The average Bonchev–Trinajstić information content (AvgIpc) is 2.57. The van der Waals surface area contributed by atoms with E-state index in [1.54, 1.807) is 6.92 Å².